The van der Waals surface area contributed by atoms with Crippen molar-refractivity contribution in [3.63, 3.8) is 0 Å². The van der Waals surface area contributed by atoms with Crippen molar-refractivity contribution in [1.29, 1.82) is 0 Å². The second-order valence-electron chi connectivity index (χ2n) is 8.39. The molecular weight excluding hydrogens is 380 g/mol. The number of ketones is 1. The lowest BCUT2D eigenvalue weighted by molar-refractivity contribution is -0.153. The van der Waals surface area contributed by atoms with E-state index in [9.17, 15) is 15.0 Å². The molecule has 1 aliphatic heterocycles. The molecule has 0 saturated carbocycles. The summed E-state index contributed by atoms with van der Waals surface area (Å²) in [6, 6.07) is 0. The molecule has 0 fully saturated rings. The lowest BCUT2D eigenvalue weighted by atomic mass is 9.80. The third kappa shape index (κ3) is 8.92. The highest BCUT2D eigenvalue weighted by Crippen LogP contribution is 2.34. The van der Waals surface area contributed by atoms with Crippen molar-refractivity contribution >= 4 is 5.78 Å². The molecule has 5 heteroatoms. The van der Waals surface area contributed by atoms with Gasteiger partial charge in [-0.05, 0) is 70.3 Å². The summed E-state index contributed by atoms with van der Waals surface area (Å²) >= 11 is 0. The molecule has 0 spiro atoms. The van der Waals surface area contributed by atoms with Crippen LogP contribution in [-0.4, -0.2) is 47.7 Å². The minimum absolute atomic E-state index is 0.0582. The van der Waals surface area contributed by atoms with E-state index in [-0.39, 0.29) is 30.5 Å². The van der Waals surface area contributed by atoms with Crippen molar-refractivity contribution in [1.82, 2.24) is 0 Å². The van der Waals surface area contributed by atoms with E-state index >= 15 is 0 Å². The molecular formula is C25H38O5. The highest BCUT2D eigenvalue weighted by Gasteiger charge is 2.36. The topological polar surface area (TPSA) is 76.0 Å². The standard InChI is InChI=1S/C16H22O4.C9H16O/c1-10(2)4-5-19-16-7-12(9-17)13-8-14(18)11(3)6-15(13)20-16;1-7(2)5-6-9(10)8(3)4/h6-7,13,15-17H,1,4-5,8-9H2,2-3H3;9-10H,1,3,5-6H2,2,4H3. The molecule has 2 aliphatic rings. The summed E-state index contributed by atoms with van der Waals surface area (Å²) in [5, 5.41) is 18.7. The first-order valence-corrected chi connectivity index (χ1v) is 10.5. The average Bonchev–Trinajstić information content (AvgIpc) is 2.66. The number of carbonyl (C=O) groups is 1. The number of aliphatic hydroxyl groups excluding tert-OH is 2. The van der Waals surface area contributed by atoms with Gasteiger partial charge in [0, 0.05) is 12.3 Å². The normalized spacial score (nSPS) is 23.9. The first kappa shape index (κ1) is 26.2. The van der Waals surface area contributed by atoms with E-state index in [1.165, 1.54) is 0 Å². The van der Waals surface area contributed by atoms with Gasteiger partial charge >= 0.3 is 0 Å². The Hall–Kier alpha value is -1.79. The summed E-state index contributed by atoms with van der Waals surface area (Å²) in [6.45, 7) is 19.3. The second kappa shape index (κ2) is 12.8. The van der Waals surface area contributed by atoms with Gasteiger partial charge in [-0.2, -0.15) is 0 Å². The lowest BCUT2D eigenvalue weighted by Crippen LogP contribution is -2.39. The van der Waals surface area contributed by atoms with E-state index in [4.69, 9.17) is 9.47 Å². The van der Waals surface area contributed by atoms with Crippen LogP contribution in [0, 0.1) is 5.92 Å². The summed E-state index contributed by atoms with van der Waals surface area (Å²) in [5.41, 5.74) is 4.57. The Labute approximate surface area is 181 Å². The maximum atomic E-state index is 11.8. The van der Waals surface area contributed by atoms with Crippen molar-refractivity contribution in [2.75, 3.05) is 13.2 Å². The van der Waals surface area contributed by atoms with Crippen LogP contribution >= 0.6 is 0 Å². The number of ether oxygens (including phenoxy) is 2. The number of fused-ring (bicyclic) bond motifs is 1. The SMILES string of the molecule is C=C(C)CCC(O)C(=C)C.C=C(C)CCOC1C=C(CO)C2CC(=O)C(C)=CC2O1. The predicted molar refractivity (Wildman–Crippen MR) is 121 cm³/mol. The summed E-state index contributed by atoms with van der Waals surface area (Å²) in [4.78, 5) is 11.8. The molecule has 168 valence electrons. The minimum Gasteiger partial charge on any atom is -0.392 e. The van der Waals surface area contributed by atoms with Crippen molar-refractivity contribution < 1.29 is 24.5 Å². The molecule has 2 rings (SSSR count). The molecule has 1 aliphatic carbocycles. The number of allylic oxidation sites excluding steroid dienone is 2. The first-order chi connectivity index (χ1) is 14.0. The zero-order valence-corrected chi connectivity index (χ0v) is 18.9. The Kier molecular flexibility index (Phi) is 11.2. The van der Waals surface area contributed by atoms with Gasteiger partial charge < -0.3 is 19.7 Å². The second-order valence-corrected chi connectivity index (χ2v) is 8.39. The van der Waals surface area contributed by atoms with Crippen LogP contribution in [0.3, 0.4) is 0 Å². The maximum Gasteiger partial charge on any atom is 0.177 e. The number of hydrogen-bond donors (Lipinski definition) is 2. The summed E-state index contributed by atoms with van der Waals surface area (Å²) in [5.74, 6) is 0.0630. The first-order valence-electron chi connectivity index (χ1n) is 10.5. The number of Topliss-reactive ketones (excluding diaryl/α,β-unsaturated/α-hetero) is 1. The molecule has 0 aromatic rings. The van der Waals surface area contributed by atoms with Crippen molar-refractivity contribution in [3.8, 4) is 0 Å². The van der Waals surface area contributed by atoms with Crippen LogP contribution in [0.5, 0.6) is 0 Å². The Bertz CT molecular complexity index is 700. The van der Waals surface area contributed by atoms with Crippen LogP contribution in [0.15, 0.2) is 59.8 Å². The van der Waals surface area contributed by atoms with Gasteiger partial charge in [0.2, 0.25) is 0 Å². The number of carbonyl (C=O) groups excluding carboxylic acids is 1. The van der Waals surface area contributed by atoms with Gasteiger partial charge in [-0.1, -0.05) is 23.3 Å². The van der Waals surface area contributed by atoms with Gasteiger partial charge in [0.25, 0.3) is 0 Å². The highest BCUT2D eigenvalue weighted by molar-refractivity contribution is 5.96. The van der Waals surface area contributed by atoms with Gasteiger partial charge in [0.15, 0.2) is 12.1 Å². The molecule has 0 amide bonds. The van der Waals surface area contributed by atoms with Gasteiger partial charge in [0.1, 0.15) is 0 Å². The van der Waals surface area contributed by atoms with Gasteiger partial charge in [-0.3, -0.25) is 4.79 Å². The molecule has 5 nitrogen and oxygen atoms in total. The third-order valence-electron chi connectivity index (χ3n) is 5.18. The molecule has 0 bridgehead atoms. The monoisotopic (exact) mass is 418 g/mol. The van der Waals surface area contributed by atoms with Crippen LogP contribution in [-0.2, 0) is 14.3 Å². The average molecular weight is 419 g/mol. The van der Waals surface area contributed by atoms with E-state index in [0.29, 0.717) is 13.0 Å². The smallest absolute Gasteiger partial charge is 0.177 e. The summed E-state index contributed by atoms with van der Waals surface area (Å²) in [6.07, 6.45) is 5.46. The molecule has 4 unspecified atom stereocenters. The molecule has 2 N–H and O–H groups in total. The fraction of sp³-hybridized carbons (Fsp3) is 0.560. The van der Waals surface area contributed by atoms with Crippen molar-refractivity contribution in [3.05, 3.63) is 59.8 Å². The fourth-order valence-corrected chi connectivity index (χ4v) is 3.14. The predicted octanol–water partition coefficient (Wildman–Crippen LogP) is 4.43. The van der Waals surface area contributed by atoms with E-state index in [1.54, 1.807) is 13.0 Å². The third-order valence-corrected chi connectivity index (χ3v) is 5.18. The van der Waals surface area contributed by atoms with E-state index in [0.717, 1.165) is 47.1 Å². The Morgan fingerprint density at radius 3 is 2.37 bits per heavy atom. The minimum atomic E-state index is -0.463. The molecule has 0 aromatic carbocycles. The fourth-order valence-electron chi connectivity index (χ4n) is 3.14. The Morgan fingerprint density at radius 1 is 1.20 bits per heavy atom. The van der Waals surface area contributed by atoms with Crippen LogP contribution in [0.1, 0.15) is 53.4 Å². The molecule has 1 heterocycles. The number of rotatable bonds is 9. The maximum absolute atomic E-state index is 11.8. The summed E-state index contributed by atoms with van der Waals surface area (Å²) < 4.78 is 11.5. The van der Waals surface area contributed by atoms with Crippen LogP contribution in [0.4, 0.5) is 0 Å². The molecule has 0 aromatic heterocycles. The van der Waals surface area contributed by atoms with Crippen molar-refractivity contribution in [2.24, 2.45) is 5.92 Å². The van der Waals surface area contributed by atoms with E-state index in [2.05, 4.69) is 19.7 Å². The largest absolute Gasteiger partial charge is 0.392 e. The lowest BCUT2D eigenvalue weighted by Gasteiger charge is -2.36. The van der Waals surface area contributed by atoms with Gasteiger partial charge in [-0.15, -0.1) is 13.2 Å². The number of hydrogen-bond acceptors (Lipinski definition) is 5. The zero-order valence-electron chi connectivity index (χ0n) is 18.9. The summed E-state index contributed by atoms with van der Waals surface area (Å²) in [7, 11) is 0. The Morgan fingerprint density at radius 2 is 1.83 bits per heavy atom. The Balaban J connectivity index is 0.000000382. The zero-order chi connectivity index (χ0) is 22.8. The van der Waals surface area contributed by atoms with E-state index in [1.807, 2.05) is 26.8 Å². The van der Waals surface area contributed by atoms with Crippen LogP contribution in [0.2, 0.25) is 0 Å². The van der Waals surface area contributed by atoms with Gasteiger partial charge in [0.05, 0.1) is 25.4 Å². The van der Waals surface area contributed by atoms with Crippen LogP contribution < -0.4 is 0 Å². The number of aliphatic hydroxyl groups is 2. The molecule has 4 atom stereocenters. The van der Waals surface area contributed by atoms with Gasteiger partial charge in [-0.25, -0.2) is 0 Å². The van der Waals surface area contributed by atoms with Crippen LogP contribution in [0.25, 0.3) is 0 Å². The quantitative estimate of drug-likeness (QED) is 0.542. The highest BCUT2D eigenvalue weighted by atomic mass is 16.7. The molecule has 0 saturated heterocycles. The molecule has 30 heavy (non-hydrogen) atoms. The molecule has 0 radical (unpaired) electrons. The van der Waals surface area contributed by atoms with Crippen molar-refractivity contribution in [2.45, 2.75) is 71.9 Å². The van der Waals surface area contributed by atoms with E-state index < -0.39 is 6.29 Å².